The van der Waals surface area contributed by atoms with Gasteiger partial charge in [-0.05, 0) is 18.6 Å². The van der Waals surface area contributed by atoms with E-state index in [0.717, 1.165) is 12.8 Å². The zero-order valence-corrected chi connectivity index (χ0v) is 21.9. The highest BCUT2D eigenvalue weighted by atomic mass is 32.2. The van der Waals surface area contributed by atoms with Crippen LogP contribution in [0.15, 0.2) is 35.2 Å². The maximum atomic E-state index is 12.0. The highest BCUT2D eigenvalue weighted by Crippen LogP contribution is 2.16. The van der Waals surface area contributed by atoms with Gasteiger partial charge in [-0.15, -0.1) is 0 Å². The van der Waals surface area contributed by atoms with Crippen LogP contribution in [-0.4, -0.2) is 14.4 Å². The van der Waals surface area contributed by atoms with Crippen LogP contribution in [0.3, 0.4) is 0 Å². The lowest BCUT2D eigenvalue weighted by Gasteiger charge is -2.06. The summed E-state index contributed by atoms with van der Waals surface area (Å²) in [6.07, 6.45) is 24.8. The lowest BCUT2D eigenvalue weighted by atomic mass is 10.0. The third-order valence-electron chi connectivity index (χ3n) is 6.22. The van der Waals surface area contributed by atoms with E-state index in [0.29, 0.717) is 6.42 Å². The number of unbranched alkanes of at least 4 members (excludes halogenated alkanes) is 18. The van der Waals surface area contributed by atoms with E-state index in [1.165, 1.54) is 115 Å². The Kier molecular flexibility index (Phi) is 18.0. The molecule has 33 heavy (non-hydrogen) atoms. The van der Waals surface area contributed by atoms with Crippen molar-refractivity contribution in [2.75, 3.05) is 0 Å². The molecular weight excluding hydrogens is 432 g/mol. The van der Waals surface area contributed by atoms with Crippen molar-refractivity contribution in [3.8, 4) is 0 Å². The fourth-order valence-corrected chi connectivity index (χ4v) is 5.06. The van der Waals surface area contributed by atoms with Gasteiger partial charge < -0.3 is 4.18 Å². The molecule has 190 valence electrons. The number of carbonyl (C=O) groups excluding carboxylic acids is 1. The van der Waals surface area contributed by atoms with E-state index in [4.69, 9.17) is 4.18 Å². The molecule has 1 aromatic rings. The van der Waals surface area contributed by atoms with Crippen LogP contribution in [0, 0.1) is 0 Å². The normalized spacial score (nSPS) is 11.5. The molecule has 0 atom stereocenters. The zero-order valence-electron chi connectivity index (χ0n) is 21.1. The van der Waals surface area contributed by atoms with Gasteiger partial charge in [-0.1, -0.05) is 141 Å². The molecule has 0 aliphatic heterocycles. The van der Waals surface area contributed by atoms with E-state index in [2.05, 4.69) is 6.92 Å². The predicted octanol–water partition coefficient (Wildman–Crippen LogP) is 8.74. The molecular formula is C28H48O4S. The molecule has 0 spiro atoms. The van der Waals surface area contributed by atoms with Crippen molar-refractivity contribution in [1.29, 1.82) is 0 Å². The molecule has 0 heterocycles. The summed E-state index contributed by atoms with van der Waals surface area (Å²) in [5.74, 6) is -0.661. The van der Waals surface area contributed by atoms with Crippen LogP contribution < -0.4 is 0 Å². The molecule has 5 heteroatoms. The Morgan fingerprint density at radius 1 is 0.606 bits per heavy atom. The van der Waals surface area contributed by atoms with Crippen molar-refractivity contribution in [3.05, 3.63) is 30.3 Å². The lowest BCUT2D eigenvalue weighted by molar-refractivity contribution is -0.133. The van der Waals surface area contributed by atoms with Gasteiger partial charge in [0.15, 0.2) is 0 Å². The molecule has 0 N–H and O–H groups in total. The number of hydrogen-bond acceptors (Lipinski definition) is 4. The highest BCUT2D eigenvalue weighted by molar-refractivity contribution is 7.87. The Morgan fingerprint density at radius 2 is 0.970 bits per heavy atom. The first-order valence-electron chi connectivity index (χ1n) is 13.6. The Hall–Kier alpha value is -1.36. The van der Waals surface area contributed by atoms with Crippen molar-refractivity contribution in [2.24, 2.45) is 0 Å². The molecule has 4 nitrogen and oxygen atoms in total. The minimum atomic E-state index is -3.98. The summed E-state index contributed by atoms with van der Waals surface area (Å²) in [5.41, 5.74) is 0. The second-order valence-electron chi connectivity index (χ2n) is 9.34. The molecule has 1 rings (SSSR count). The van der Waals surface area contributed by atoms with Crippen LogP contribution in [0.5, 0.6) is 0 Å². The quantitative estimate of drug-likeness (QED) is 0.123. The van der Waals surface area contributed by atoms with E-state index >= 15 is 0 Å². The van der Waals surface area contributed by atoms with Crippen molar-refractivity contribution in [3.63, 3.8) is 0 Å². The first kappa shape index (κ1) is 29.7. The first-order valence-corrected chi connectivity index (χ1v) is 15.0. The Labute approximate surface area is 204 Å². The molecule has 0 saturated heterocycles. The molecule has 0 aliphatic rings. The molecule has 0 unspecified atom stereocenters. The zero-order chi connectivity index (χ0) is 24.0. The first-order chi connectivity index (χ1) is 16.1. The average molecular weight is 481 g/mol. The molecule has 0 bridgehead atoms. The summed E-state index contributed by atoms with van der Waals surface area (Å²) in [7, 11) is -3.98. The van der Waals surface area contributed by atoms with Crippen LogP contribution in [0.25, 0.3) is 0 Å². The minimum absolute atomic E-state index is 0.0199. The number of hydrogen-bond donors (Lipinski definition) is 0. The standard InChI is InChI=1S/C28H48O4S/c1-2-3-4-5-6-7-8-9-10-11-12-13-14-15-16-17-18-19-23-26-28(29)32-33(30,31)27-24-21-20-22-25-27/h20-22,24-25H,2-19,23,26H2,1H3. The fourth-order valence-electron chi connectivity index (χ4n) is 4.15. The summed E-state index contributed by atoms with van der Waals surface area (Å²) in [6, 6.07) is 7.80. The summed E-state index contributed by atoms with van der Waals surface area (Å²) in [4.78, 5) is 11.8. The number of rotatable bonds is 22. The van der Waals surface area contributed by atoms with E-state index in [1.807, 2.05) is 0 Å². The van der Waals surface area contributed by atoms with Gasteiger partial charge in [-0.2, -0.15) is 8.42 Å². The third kappa shape index (κ3) is 16.8. The van der Waals surface area contributed by atoms with Crippen molar-refractivity contribution >= 4 is 16.1 Å². The predicted molar refractivity (Wildman–Crippen MR) is 138 cm³/mol. The van der Waals surface area contributed by atoms with Crippen molar-refractivity contribution in [1.82, 2.24) is 0 Å². The maximum Gasteiger partial charge on any atom is 0.341 e. The molecule has 1 aromatic carbocycles. The number of benzene rings is 1. The monoisotopic (exact) mass is 480 g/mol. The van der Waals surface area contributed by atoms with Crippen molar-refractivity contribution < 1.29 is 17.4 Å². The fraction of sp³-hybridized carbons (Fsp3) is 0.750. The average Bonchev–Trinajstić information content (AvgIpc) is 2.81. The van der Waals surface area contributed by atoms with Gasteiger partial charge in [0.25, 0.3) is 0 Å². The maximum absolute atomic E-state index is 12.0. The molecule has 0 aliphatic carbocycles. The second kappa shape index (κ2) is 20.1. The summed E-state index contributed by atoms with van der Waals surface area (Å²) in [5, 5.41) is 0. The van der Waals surface area contributed by atoms with Crippen LogP contribution in [0.2, 0.25) is 0 Å². The van der Waals surface area contributed by atoms with Gasteiger partial charge in [0, 0.05) is 6.42 Å². The molecule has 0 saturated carbocycles. The lowest BCUT2D eigenvalue weighted by Crippen LogP contribution is -2.13. The van der Waals surface area contributed by atoms with Gasteiger partial charge >= 0.3 is 16.1 Å². The minimum Gasteiger partial charge on any atom is -0.342 e. The van der Waals surface area contributed by atoms with Crippen molar-refractivity contribution in [2.45, 2.75) is 140 Å². The Bertz CT molecular complexity index is 685. The Morgan fingerprint density at radius 3 is 1.36 bits per heavy atom. The van der Waals surface area contributed by atoms with Crippen LogP contribution in [0.4, 0.5) is 0 Å². The second-order valence-corrected chi connectivity index (χ2v) is 10.9. The van der Waals surface area contributed by atoms with Gasteiger partial charge in [0.2, 0.25) is 0 Å². The van der Waals surface area contributed by atoms with E-state index in [-0.39, 0.29) is 11.3 Å². The topological polar surface area (TPSA) is 60.4 Å². The van der Waals surface area contributed by atoms with Crippen LogP contribution in [-0.2, 0) is 19.1 Å². The SMILES string of the molecule is CCCCCCCCCCCCCCCCCCCCCC(=O)OS(=O)(=O)c1ccccc1. The highest BCUT2D eigenvalue weighted by Gasteiger charge is 2.19. The Balaban J connectivity index is 1.83. The van der Waals surface area contributed by atoms with E-state index in [9.17, 15) is 13.2 Å². The number of carbonyl (C=O) groups is 1. The summed E-state index contributed by atoms with van der Waals surface area (Å²) in [6.45, 7) is 2.27. The van der Waals surface area contributed by atoms with E-state index in [1.54, 1.807) is 18.2 Å². The molecule has 0 radical (unpaired) electrons. The van der Waals surface area contributed by atoms with Gasteiger partial charge in [0.1, 0.15) is 4.90 Å². The largest absolute Gasteiger partial charge is 0.342 e. The van der Waals surface area contributed by atoms with Gasteiger partial charge in [-0.25, -0.2) is 0 Å². The van der Waals surface area contributed by atoms with E-state index < -0.39 is 16.1 Å². The van der Waals surface area contributed by atoms with Gasteiger partial charge in [-0.3, -0.25) is 4.79 Å². The van der Waals surface area contributed by atoms with Crippen LogP contribution in [0.1, 0.15) is 135 Å². The van der Waals surface area contributed by atoms with Crippen LogP contribution >= 0.6 is 0 Å². The smallest absolute Gasteiger partial charge is 0.341 e. The molecule has 0 amide bonds. The molecule has 0 aromatic heterocycles. The molecule has 0 fully saturated rings. The van der Waals surface area contributed by atoms with Gasteiger partial charge in [0.05, 0.1) is 0 Å². The summed E-state index contributed by atoms with van der Waals surface area (Å²) < 4.78 is 28.7. The summed E-state index contributed by atoms with van der Waals surface area (Å²) >= 11 is 0. The third-order valence-corrected chi connectivity index (χ3v) is 7.47.